The van der Waals surface area contributed by atoms with E-state index in [1.807, 2.05) is 0 Å². The van der Waals surface area contributed by atoms with E-state index in [1.54, 1.807) is 19.0 Å². The van der Waals surface area contributed by atoms with Gasteiger partial charge in [0.1, 0.15) is 6.54 Å². The minimum absolute atomic E-state index is 0. The number of nitrogens with zero attached hydrogens (tertiary/aromatic N) is 4. The van der Waals surface area contributed by atoms with E-state index in [4.69, 9.17) is 4.74 Å². The molecule has 1 unspecified atom stereocenters. The molecule has 2 heterocycles. The van der Waals surface area contributed by atoms with E-state index in [0.29, 0.717) is 6.04 Å². The van der Waals surface area contributed by atoms with E-state index in [0.717, 1.165) is 77.8 Å². The quantitative estimate of drug-likeness (QED) is 0.284. The summed E-state index contributed by atoms with van der Waals surface area (Å²) in [5.74, 6) is 0.735. The van der Waals surface area contributed by atoms with Gasteiger partial charge in [0, 0.05) is 59.4 Å². The van der Waals surface area contributed by atoms with Gasteiger partial charge in [-0.3, -0.25) is 14.6 Å². The SMILES string of the molecule is CN(C)C(=O)CN=C(NCCN1CCOCC1)NC1CCCN(Cc2ccccc2)C1.I. The van der Waals surface area contributed by atoms with E-state index >= 15 is 0 Å². The first-order chi connectivity index (χ1) is 15.1. The summed E-state index contributed by atoms with van der Waals surface area (Å²) < 4.78 is 5.42. The van der Waals surface area contributed by atoms with Crippen molar-refractivity contribution in [2.45, 2.75) is 25.4 Å². The van der Waals surface area contributed by atoms with Gasteiger partial charge in [-0.1, -0.05) is 30.3 Å². The van der Waals surface area contributed by atoms with Crippen molar-refractivity contribution in [2.75, 3.05) is 73.1 Å². The van der Waals surface area contributed by atoms with Gasteiger partial charge in [-0.05, 0) is 24.9 Å². The third-order valence-corrected chi connectivity index (χ3v) is 5.79. The molecule has 1 aromatic carbocycles. The zero-order valence-electron chi connectivity index (χ0n) is 19.5. The summed E-state index contributed by atoms with van der Waals surface area (Å²) in [6.45, 7) is 8.49. The molecule has 3 rings (SSSR count). The molecule has 1 atom stereocenters. The zero-order valence-corrected chi connectivity index (χ0v) is 21.8. The van der Waals surface area contributed by atoms with Crippen LogP contribution in [0.5, 0.6) is 0 Å². The Bertz CT molecular complexity index is 697. The number of nitrogens with one attached hydrogen (secondary N) is 2. The van der Waals surface area contributed by atoms with Gasteiger partial charge in [-0.2, -0.15) is 0 Å². The fourth-order valence-corrected chi connectivity index (χ4v) is 3.95. The van der Waals surface area contributed by atoms with E-state index in [1.165, 1.54) is 5.56 Å². The molecule has 180 valence electrons. The number of piperidine rings is 1. The number of hydrogen-bond acceptors (Lipinski definition) is 5. The molecule has 0 radical (unpaired) electrons. The van der Waals surface area contributed by atoms with Crippen molar-refractivity contribution >= 4 is 35.8 Å². The lowest BCUT2D eigenvalue weighted by Gasteiger charge is -2.34. The predicted molar refractivity (Wildman–Crippen MR) is 140 cm³/mol. The lowest BCUT2D eigenvalue weighted by atomic mass is 10.0. The van der Waals surface area contributed by atoms with Crippen molar-refractivity contribution in [1.29, 1.82) is 0 Å². The molecule has 1 aromatic rings. The standard InChI is InChI=1S/C23H38N6O2.HI/c1-27(2)22(30)17-25-23(24-10-12-28-13-15-31-16-14-28)26-21-9-6-11-29(19-21)18-20-7-4-3-5-8-20;/h3-5,7-8,21H,6,9-19H2,1-2H3,(H2,24,25,26);1H. The highest BCUT2D eigenvalue weighted by atomic mass is 127. The molecule has 9 heteroatoms. The van der Waals surface area contributed by atoms with Crippen LogP contribution in [0.2, 0.25) is 0 Å². The number of ether oxygens (including phenoxy) is 1. The van der Waals surface area contributed by atoms with Gasteiger partial charge >= 0.3 is 0 Å². The molecule has 8 nitrogen and oxygen atoms in total. The number of hydrogen-bond donors (Lipinski definition) is 2. The van der Waals surface area contributed by atoms with E-state index in [2.05, 4.69) is 55.8 Å². The predicted octanol–water partition coefficient (Wildman–Crippen LogP) is 1.22. The van der Waals surface area contributed by atoms with Crippen molar-refractivity contribution in [3.05, 3.63) is 35.9 Å². The number of likely N-dealkylation sites (N-methyl/N-ethyl adjacent to an activating group) is 1. The molecule has 1 amide bonds. The van der Waals surface area contributed by atoms with Crippen molar-refractivity contribution in [2.24, 2.45) is 4.99 Å². The summed E-state index contributed by atoms with van der Waals surface area (Å²) in [5, 5.41) is 7.03. The number of benzene rings is 1. The van der Waals surface area contributed by atoms with Crippen LogP contribution >= 0.6 is 24.0 Å². The summed E-state index contributed by atoms with van der Waals surface area (Å²) in [6.07, 6.45) is 2.26. The van der Waals surface area contributed by atoms with Crippen molar-refractivity contribution in [3.8, 4) is 0 Å². The summed E-state index contributed by atoms with van der Waals surface area (Å²) in [7, 11) is 3.53. The Morgan fingerprint density at radius 1 is 1.16 bits per heavy atom. The normalized spacial score (nSPS) is 20.3. The minimum atomic E-state index is 0. The Balaban J connectivity index is 0.00000363. The number of halogens is 1. The molecule has 32 heavy (non-hydrogen) atoms. The van der Waals surface area contributed by atoms with Crippen LogP contribution in [0.1, 0.15) is 18.4 Å². The van der Waals surface area contributed by atoms with Gasteiger partial charge in [-0.25, -0.2) is 4.99 Å². The average molecular weight is 559 g/mol. The molecule has 2 saturated heterocycles. The Morgan fingerprint density at radius 2 is 1.91 bits per heavy atom. The molecule has 2 fully saturated rings. The summed E-state index contributed by atoms with van der Waals surface area (Å²) in [6, 6.07) is 10.9. The third kappa shape index (κ3) is 9.60. The Kier molecular flexibility index (Phi) is 12.3. The number of likely N-dealkylation sites (tertiary alicyclic amines) is 1. The Labute approximate surface area is 209 Å². The molecule has 2 N–H and O–H groups in total. The summed E-state index contributed by atoms with van der Waals surface area (Å²) in [5.41, 5.74) is 1.34. The highest BCUT2D eigenvalue weighted by Crippen LogP contribution is 2.13. The Hall–Kier alpha value is -1.43. The van der Waals surface area contributed by atoms with E-state index in [9.17, 15) is 4.79 Å². The summed E-state index contributed by atoms with van der Waals surface area (Å²) in [4.78, 5) is 23.1. The number of carbonyl (C=O) groups is 1. The molecule has 0 aliphatic carbocycles. The van der Waals surface area contributed by atoms with Crippen LogP contribution in [0.3, 0.4) is 0 Å². The maximum absolute atomic E-state index is 12.0. The number of aliphatic imine (C=N–C) groups is 1. The minimum Gasteiger partial charge on any atom is -0.379 e. The number of guanidine groups is 1. The fraction of sp³-hybridized carbons (Fsp3) is 0.652. The van der Waals surface area contributed by atoms with Crippen LogP contribution in [0, 0.1) is 0 Å². The van der Waals surface area contributed by atoms with Crippen LogP contribution in [0.4, 0.5) is 0 Å². The van der Waals surface area contributed by atoms with Crippen molar-refractivity contribution in [3.63, 3.8) is 0 Å². The monoisotopic (exact) mass is 558 g/mol. The second kappa shape index (κ2) is 14.7. The topological polar surface area (TPSA) is 72.4 Å². The highest BCUT2D eigenvalue weighted by molar-refractivity contribution is 14.0. The van der Waals surface area contributed by atoms with Gasteiger partial charge in [-0.15, -0.1) is 24.0 Å². The number of carbonyl (C=O) groups excluding carboxylic acids is 1. The fourth-order valence-electron chi connectivity index (χ4n) is 3.95. The lowest BCUT2D eigenvalue weighted by molar-refractivity contribution is -0.127. The van der Waals surface area contributed by atoms with E-state index < -0.39 is 0 Å². The molecule has 0 bridgehead atoms. The molecule has 2 aliphatic rings. The second-order valence-electron chi connectivity index (χ2n) is 8.54. The van der Waals surface area contributed by atoms with Crippen LogP contribution in [-0.2, 0) is 16.1 Å². The molecular formula is C23H39IN6O2. The van der Waals surface area contributed by atoms with Gasteiger partial charge < -0.3 is 20.3 Å². The molecular weight excluding hydrogens is 519 g/mol. The van der Waals surface area contributed by atoms with Gasteiger partial charge in [0.25, 0.3) is 0 Å². The van der Waals surface area contributed by atoms with Crippen molar-refractivity contribution in [1.82, 2.24) is 25.3 Å². The lowest BCUT2D eigenvalue weighted by Crippen LogP contribution is -2.52. The smallest absolute Gasteiger partial charge is 0.243 e. The zero-order chi connectivity index (χ0) is 21.9. The van der Waals surface area contributed by atoms with E-state index in [-0.39, 0.29) is 36.4 Å². The number of rotatable bonds is 8. The van der Waals surface area contributed by atoms with Crippen LogP contribution < -0.4 is 10.6 Å². The highest BCUT2D eigenvalue weighted by Gasteiger charge is 2.21. The molecule has 0 saturated carbocycles. The molecule has 2 aliphatic heterocycles. The summed E-state index contributed by atoms with van der Waals surface area (Å²) >= 11 is 0. The average Bonchev–Trinajstić information content (AvgIpc) is 2.78. The maximum Gasteiger partial charge on any atom is 0.243 e. The Morgan fingerprint density at radius 3 is 2.62 bits per heavy atom. The first-order valence-corrected chi connectivity index (χ1v) is 11.4. The van der Waals surface area contributed by atoms with Crippen molar-refractivity contribution < 1.29 is 9.53 Å². The second-order valence-corrected chi connectivity index (χ2v) is 8.54. The van der Waals surface area contributed by atoms with Crippen LogP contribution in [0.15, 0.2) is 35.3 Å². The maximum atomic E-state index is 12.0. The molecule has 0 aromatic heterocycles. The van der Waals surface area contributed by atoms with Crippen LogP contribution in [0.25, 0.3) is 0 Å². The molecule has 0 spiro atoms. The largest absolute Gasteiger partial charge is 0.379 e. The van der Waals surface area contributed by atoms with Gasteiger partial charge in [0.05, 0.1) is 13.2 Å². The number of amides is 1. The van der Waals surface area contributed by atoms with Crippen LogP contribution in [-0.4, -0.2) is 106 Å². The third-order valence-electron chi connectivity index (χ3n) is 5.79. The van der Waals surface area contributed by atoms with Gasteiger partial charge in [0.2, 0.25) is 5.91 Å². The first kappa shape index (κ1) is 26.8. The van der Waals surface area contributed by atoms with Gasteiger partial charge in [0.15, 0.2) is 5.96 Å². The first-order valence-electron chi connectivity index (χ1n) is 11.4. The number of morpholine rings is 1.